The summed E-state index contributed by atoms with van der Waals surface area (Å²) in [5, 5.41) is 0. The summed E-state index contributed by atoms with van der Waals surface area (Å²) in [6.45, 7) is 3.62. The van der Waals surface area contributed by atoms with Crippen LogP contribution in [-0.4, -0.2) is 11.0 Å². The molecule has 0 unspecified atom stereocenters. The van der Waals surface area contributed by atoms with Gasteiger partial charge in [-0.1, -0.05) is 6.08 Å². The van der Waals surface area contributed by atoms with Crippen molar-refractivity contribution < 1.29 is 0 Å². The van der Waals surface area contributed by atoms with Gasteiger partial charge in [0.2, 0.25) is 0 Å². The van der Waals surface area contributed by atoms with E-state index in [1.807, 2.05) is 12.1 Å². The third kappa shape index (κ3) is 2.51. The van der Waals surface area contributed by atoms with Crippen molar-refractivity contribution >= 4 is 0 Å². The van der Waals surface area contributed by atoms with Crippen LogP contribution in [0.1, 0.15) is 5.56 Å². The zero-order chi connectivity index (χ0) is 8.10. The summed E-state index contributed by atoms with van der Waals surface area (Å²) in [6, 6.07) is 3.98. The molecule has 0 bridgehead atoms. The van der Waals surface area contributed by atoms with Crippen molar-refractivity contribution in [3.05, 3.63) is 42.7 Å². The molecule has 0 saturated heterocycles. The second-order valence-electron chi connectivity index (χ2n) is 2.46. The molecule has 58 valence electrons. The molecule has 0 aliphatic heterocycles. The maximum atomic E-state index is 5.67. The highest BCUT2D eigenvalue weighted by atomic mass is 14.6. The van der Waals surface area contributed by atoms with E-state index in [1.165, 1.54) is 5.56 Å². The molecular formula is C9H12N2. The Kier molecular flexibility index (Phi) is 2.81. The Bertz CT molecular complexity index is 218. The minimum atomic E-state index is 0.0531. The van der Waals surface area contributed by atoms with E-state index in [9.17, 15) is 0 Å². The number of nitrogens with zero attached hydrogens (tertiary/aromatic N) is 1. The number of nitrogens with two attached hydrogens (primary N) is 1. The normalized spacial score (nSPS) is 12.5. The van der Waals surface area contributed by atoms with Gasteiger partial charge in [0.05, 0.1) is 0 Å². The standard InChI is InChI=1S/C9H12N2/c1-2-9(10)7-8-3-5-11-6-4-8/h2-6,9H,1,7,10H2/t9-/m1/s1. The lowest BCUT2D eigenvalue weighted by Gasteiger charge is -2.04. The van der Waals surface area contributed by atoms with E-state index in [4.69, 9.17) is 5.73 Å². The number of aromatic nitrogens is 1. The molecule has 1 heterocycles. The average molecular weight is 148 g/mol. The molecule has 0 aliphatic carbocycles. The Labute approximate surface area is 66.8 Å². The van der Waals surface area contributed by atoms with Gasteiger partial charge in [-0.3, -0.25) is 4.98 Å². The molecule has 0 fully saturated rings. The molecule has 2 nitrogen and oxygen atoms in total. The highest BCUT2D eigenvalue weighted by Crippen LogP contribution is 1.99. The quantitative estimate of drug-likeness (QED) is 0.653. The topological polar surface area (TPSA) is 38.9 Å². The van der Waals surface area contributed by atoms with E-state index >= 15 is 0 Å². The van der Waals surface area contributed by atoms with Crippen LogP contribution in [0.25, 0.3) is 0 Å². The first-order valence-electron chi connectivity index (χ1n) is 3.60. The highest BCUT2D eigenvalue weighted by Gasteiger charge is 1.96. The van der Waals surface area contributed by atoms with Gasteiger partial charge in [-0.25, -0.2) is 0 Å². The van der Waals surface area contributed by atoms with Crippen LogP contribution < -0.4 is 5.73 Å². The molecule has 1 rings (SSSR count). The summed E-state index contributed by atoms with van der Waals surface area (Å²) in [4.78, 5) is 3.91. The van der Waals surface area contributed by atoms with Crippen molar-refractivity contribution in [2.24, 2.45) is 5.73 Å². The van der Waals surface area contributed by atoms with Crippen LogP contribution >= 0.6 is 0 Å². The van der Waals surface area contributed by atoms with Crippen molar-refractivity contribution in [3.8, 4) is 0 Å². The summed E-state index contributed by atoms with van der Waals surface area (Å²) >= 11 is 0. The minimum Gasteiger partial charge on any atom is -0.324 e. The molecule has 11 heavy (non-hydrogen) atoms. The van der Waals surface area contributed by atoms with E-state index in [0.29, 0.717) is 0 Å². The Balaban J connectivity index is 2.57. The number of rotatable bonds is 3. The summed E-state index contributed by atoms with van der Waals surface area (Å²) < 4.78 is 0. The molecular weight excluding hydrogens is 136 g/mol. The SMILES string of the molecule is C=C[C@@H](N)Cc1ccncc1. The third-order valence-electron chi connectivity index (χ3n) is 1.52. The maximum Gasteiger partial charge on any atom is 0.0270 e. The molecule has 1 aromatic heterocycles. The molecule has 2 heteroatoms. The van der Waals surface area contributed by atoms with Gasteiger partial charge < -0.3 is 5.73 Å². The van der Waals surface area contributed by atoms with Gasteiger partial charge in [0, 0.05) is 18.4 Å². The highest BCUT2D eigenvalue weighted by molar-refractivity contribution is 5.12. The van der Waals surface area contributed by atoms with E-state index in [2.05, 4.69) is 11.6 Å². The zero-order valence-electron chi connectivity index (χ0n) is 6.40. The lowest BCUT2D eigenvalue weighted by molar-refractivity contribution is 0.810. The first-order valence-corrected chi connectivity index (χ1v) is 3.60. The van der Waals surface area contributed by atoms with Crippen LogP contribution in [0.15, 0.2) is 37.2 Å². The number of hydrogen-bond donors (Lipinski definition) is 1. The molecule has 0 aromatic carbocycles. The molecule has 2 N–H and O–H groups in total. The van der Waals surface area contributed by atoms with E-state index in [0.717, 1.165) is 6.42 Å². The lowest BCUT2D eigenvalue weighted by atomic mass is 10.1. The second kappa shape index (κ2) is 3.88. The van der Waals surface area contributed by atoms with Crippen molar-refractivity contribution in [2.45, 2.75) is 12.5 Å². The van der Waals surface area contributed by atoms with Crippen LogP contribution in [0.5, 0.6) is 0 Å². The Morgan fingerprint density at radius 1 is 1.55 bits per heavy atom. The molecule has 1 atom stereocenters. The predicted octanol–water partition coefficient (Wildman–Crippen LogP) is 1.14. The summed E-state index contributed by atoms with van der Waals surface area (Å²) in [7, 11) is 0. The van der Waals surface area contributed by atoms with Gasteiger partial charge in [-0.2, -0.15) is 0 Å². The fourth-order valence-corrected chi connectivity index (χ4v) is 0.874. The molecule has 0 amide bonds. The van der Waals surface area contributed by atoms with E-state index < -0.39 is 0 Å². The molecule has 0 saturated carbocycles. The molecule has 0 aliphatic rings. The van der Waals surface area contributed by atoms with Gasteiger partial charge in [-0.15, -0.1) is 6.58 Å². The second-order valence-corrected chi connectivity index (χ2v) is 2.46. The number of hydrogen-bond acceptors (Lipinski definition) is 2. The first-order chi connectivity index (χ1) is 5.33. The van der Waals surface area contributed by atoms with Gasteiger partial charge in [-0.05, 0) is 24.1 Å². The van der Waals surface area contributed by atoms with Crippen LogP contribution in [0.4, 0.5) is 0 Å². The first kappa shape index (κ1) is 7.95. The van der Waals surface area contributed by atoms with Gasteiger partial charge in [0.25, 0.3) is 0 Å². The maximum absolute atomic E-state index is 5.67. The fraction of sp³-hybridized carbons (Fsp3) is 0.222. The Morgan fingerprint density at radius 2 is 2.18 bits per heavy atom. The van der Waals surface area contributed by atoms with Crippen molar-refractivity contribution in [2.75, 3.05) is 0 Å². The number of pyridine rings is 1. The van der Waals surface area contributed by atoms with Crippen molar-refractivity contribution in [1.82, 2.24) is 4.98 Å². The summed E-state index contributed by atoms with van der Waals surface area (Å²) in [5.41, 5.74) is 6.87. The fourth-order valence-electron chi connectivity index (χ4n) is 0.874. The molecule has 1 aromatic rings. The summed E-state index contributed by atoms with van der Waals surface area (Å²) in [6.07, 6.45) is 6.13. The average Bonchev–Trinajstić information content (AvgIpc) is 2.06. The monoisotopic (exact) mass is 148 g/mol. The van der Waals surface area contributed by atoms with E-state index in [-0.39, 0.29) is 6.04 Å². The summed E-state index contributed by atoms with van der Waals surface area (Å²) in [5.74, 6) is 0. The Hall–Kier alpha value is -1.15. The van der Waals surface area contributed by atoms with Gasteiger partial charge in [0.1, 0.15) is 0 Å². The van der Waals surface area contributed by atoms with Gasteiger partial charge >= 0.3 is 0 Å². The van der Waals surface area contributed by atoms with Crippen molar-refractivity contribution in [1.29, 1.82) is 0 Å². The third-order valence-corrected chi connectivity index (χ3v) is 1.52. The minimum absolute atomic E-state index is 0.0531. The van der Waals surface area contributed by atoms with Crippen LogP contribution in [0.3, 0.4) is 0 Å². The van der Waals surface area contributed by atoms with Crippen LogP contribution in [-0.2, 0) is 6.42 Å². The smallest absolute Gasteiger partial charge is 0.0270 e. The largest absolute Gasteiger partial charge is 0.324 e. The van der Waals surface area contributed by atoms with E-state index in [1.54, 1.807) is 18.5 Å². The van der Waals surface area contributed by atoms with Gasteiger partial charge in [0.15, 0.2) is 0 Å². The molecule has 0 spiro atoms. The Morgan fingerprint density at radius 3 is 2.73 bits per heavy atom. The van der Waals surface area contributed by atoms with Crippen LogP contribution in [0.2, 0.25) is 0 Å². The predicted molar refractivity (Wildman–Crippen MR) is 46.1 cm³/mol. The van der Waals surface area contributed by atoms with Crippen molar-refractivity contribution in [3.63, 3.8) is 0 Å². The zero-order valence-corrected chi connectivity index (χ0v) is 6.40. The molecule has 0 radical (unpaired) electrons. The van der Waals surface area contributed by atoms with Crippen LogP contribution in [0, 0.1) is 0 Å². The lowest BCUT2D eigenvalue weighted by Crippen LogP contribution is -2.19.